The van der Waals surface area contributed by atoms with Crippen molar-refractivity contribution in [3.8, 4) is 0 Å². The van der Waals surface area contributed by atoms with E-state index in [1.807, 2.05) is 26.0 Å². The highest BCUT2D eigenvalue weighted by Gasteiger charge is 2.11. The lowest BCUT2D eigenvalue weighted by molar-refractivity contribution is -0.146. The Bertz CT molecular complexity index is 146. The van der Waals surface area contributed by atoms with Crippen LogP contribution in [-0.2, 0) is 4.79 Å². The molecule has 0 spiro atoms. The SMILES string of the molecule is CCCCCCC(O)C(=O)O.CN(C)C. The van der Waals surface area contributed by atoms with Crippen molar-refractivity contribution in [2.24, 2.45) is 0 Å². The monoisotopic (exact) mass is 219 g/mol. The first-order valence-corrected chi connectivity index (χ1v) is 5.43. The van der Waals surface area contributed by atoms with E-state index in [4.69, 9.17) is 10.2 Å². The molecule has 0 aromatic rings. The molecule has 2 N–H and O–H groups in total. The van der Waals surface area contributed by atoms with Crippen molar-refractivity contribution in [3.63, 3.8) is 0 Å². The molecule has 4 heteroatoms. The van der Waals surface area contributed by atoms with Gasteiger partial charge in [0.05, 0.1) is 0 Å². The Hall–Kier alpha value is -0.610. The largest absolute Gasteiger partial charge is 0.479 e. The highest BCUT2D eigenvalue weighted by Crippen LogP contribution is 2.05. The van der Waals surface area contributed by atoms with E-state index in [0.29, 0.717) is 6.42 Å². The van der Waals surface area contributed by atoms with Gasteiger partial charge in [0.1, 0.15) is 0 Å². The first-order chi connectivity index (χ1) is 6.91. The van der Waals surface area contributed by atoms with Crippen LogP contribution >= 0.6 is 0 Å². The zero-order chi connectivity index (χ0) is 12.3. The van der Waals surface area contributed by atoms with E-state index in [2.05, 4.69) is 6.92 Å². The maximum Gasteiger partial charge on any atom is 0.332 e. The van der Waals surface area contributed by atoms with Crippen LogP contribution < -0.4 is 0 Å². The average molecular weight is 219 g/mol. The van der Waals surface area contributed by atoms with Gasteiger partial charge in [-0.25, -0.2) is 4.79 Å². The maximum atomic E-state index is 10.1. The van der Waals surface area contributed by atoms with Crippen molar-refractivity contribution >= 4 is 5.97 Å². The normalized spacial score (nSPS) is 11.9. The Kier molecular flexibility index (Phi) is 12.8. The fourth-order valence-electron chi connectivity index (χ4n) is 0.888. The Labute approximate surface area is 92.9 Å². The number of hydrogen-bond acceptors (Lipinski definition) is 3. The molecule has 0 aromatic carbocycles. The van der Waals surface area contributed by atoms with Gasteiger partial charge >= 0.3 is 5.97 Å². The van der Waals surface area contributed by atoms with E-state index >= 15 is 0 Å². The second-order valence-electron chi connectivity index (χ2n) is 4.05. The summed E-state index contributed by atoms with van der Waals surface area (Å²) in [6.45, 7) is 2.09. The Balaban J connectivity index is 0. The molecule has 1 unspecified atom stereocenters. The molecule has 0 heterocycles. The van der Waals surface area contributed by atoms with Crippen LogP contribution in [0.1, 0.15) is 39.0 Å². The van der Waals surface area contributed by atoms with Gasteiger partial charge in [-0.05, 0) is 27.6 Å². The summed E-state index contributed by atoms with van der Waals surface area (Å²) in [4.78, 5) is 12.1. The number of nitrogens with zero attached hydrogens (tertiary/aromatic N) is 1. The number of carbonyl (C=O) groups is 1. The Morgan fingerprint density at radius 1 is 1.20 bits per heavy atom. The van der Waals surface area contributed by atoms with Gasteiger partial charge in [-0.3, -0.25) is 0 Å². The van der Waals surface area contributed by atoms with E-state index in [0.717, 1.165) is 25.7 Å². The van der Waals surface area contributed by atoms with Crippen LogP contribution in [0.4, 0.5) is 0 Å². The number of carboxylic acids is 1. The van der Waals surface area contributed by atoms with Gasteiger partial charge in [0.15, 0.2) is 6.10 Å². The van der Waals surface area contributed by atoms with Crippen molar-refractivity contribution in [3.05, 3.63) is 0 Å². The lowest BCUT2D eigenvalue weighted by atomic mass is 10.1. The van der Waals surface area contributed by atoms with Crippen LogP contribution in [-0.4, -0.2) is 48.3 Å². The average Bonchev–Trinajstić information content (AvgIpc) is 2.11. The zero-order valence-electron chi connectivity index (χ0n) is 10.4. The number of hydrogen-bond donors (Lipinski definition) is 2. The number of aliphatic carboxylic acids is 1. The molecule has 0 rings (SSSR count). The zero-order valence-corrected chi connectivity index (χ0v) is 10.4. The molecule has 0 aliphatic heterocycles. The van der Waals surface area contributed by atoms with Gasteiger partial charge in [0, 0.05) is 0 Å². The van der Waals surface area contributed by atoms with Gasteiger partial charge in [-0.15, -0.1) is 0 Å². The quantitative estimate of drug-likeness (QED) is 0.666. The molecule has 0 fully saturated rings. The van der Waals surface area contributed by atoms with Crippen molar-refractivity contribution in [2.75, 3.05) is 21.1 Å². The second-order valence-corrected chi connectivity index (χ2v) is 4.05. The molecule has 15 heavy (non-hydrogen) atoms. The third-order valence-corrected chi connectivity index (χ3v) is 1.62. The van der Waals surface area contributed by atoms with E-state index in [9.17, 15) is 4.79 Å². The third kappa shape index (κ3) is 19.7. The summed E-state index contributed by atoms with van der Waals surface area (Å²) in [5, 5.41) is 17.1. The molecule has 0 bridgehead atoms. The third-order valence-electron chi connectivity index (χ3n) is 1.62. The summed E-state index contributed by atoms with van der Waals surface area (Å²) < 4.78 is 0. The first-order valence-electron chi connectivity index (χ1n) is 5.43. The highest BCUT2D eigenvalue weighted by atomic mass is 16.4. The summed E-state index contributed by atoms with van der Waals surface area (Å²) in [6, 6.07) is 0. The van der Waals surface area contributed by atoms with Crippen molar-refractivity contribution in [2.45, 2.75) is 45.1 Å². The van der Waals surface area contributed by atoms with Crippen LogP contribution in [0.15, 0.2) is 0 Å². The Morgan fingerprint density at radius 3 is 2.00 bits per heavy atom. The van der Waals surface area contributed by atoms with E-state index in [1.165, 1.54) is 0 Å². The number of aliphatic hydroxyl groups is 1. The van der Waals surface area contributed by atoms with Crippen LogP contribution in [0.25, 0.3) is 0 Å². The predicted octanol–water partition coefficient (Wildman–Crippen LogP) is 1.58. The number of aliphatic hydroxyl groups excluding tert-OH is 1. The predicted molar refractivity (Wildman–Crippen MR) is 62.0 cm³/mol. The fourth-order valence-corrected chi connectivity index (χ4v) is 0.888. The molecule has 0 aromatic heterocycles. The van der Waals surface area contributed by atoms with Gasteiger partial charge < -0.3 is 15.1 Å². The van der Waals surface area contributed by atoms with Crippen molar-refractivity contribution in [1.82, 2.24) is 4.90 Å². The van der Waals surface area contributed by atoms with Crippen molar-refractivity contribution < 1.29 is 15.0 Å². The molecule has 0 aliphatic rings. The summed E-state index contributed by atoms with van der Waals surface area (Å²) in [7, 11) is 6.00. The summed E-state index contributed by atoms with van der Waals surface area (Å²) >= 11 is 0. The Morgan fingerprint density at radius 2 is 1.67 bits per heavy atom. The van der Waals surface area contributed by atoms with Crippen LogP contribution in [0.2, 0.25) is 0 Å². The number of rotatable bonds is 6. The minimum absolute atomic E-state index is 0.384. The molecule has 92 valence electrons. The standard InChI is InChI=1S/C8H16O3.C3H9N/c1-2-3-4-5-6-7(9)8(10)11;1-4(2)3/h7,9H,2-6H2,1H3,(H,10,11);1-3H3. The number of unbranched alkanes of at least 4 members (excludes halogenated alkanes) is 3. The summed E-state index contributed by atoms with van der Waals surface area (Å²) in [5.74, 6) is -1.11. The maximum absolute atomic E-state index is 10.1. The highest BCUT2D eigenvalue weighted by molar-refractivity contribution is 5.71. The van der Waals surface area contributed by atoms with Gasteiger partial charge in [-0.1, -0.05) is 32.6 Å². The molecule has 0 radical (unpaired) electrons. The van der Waals surface area contributed by atoms with E-state index < -0.39 is 12.1 Å². The van der Waals surface area contributed by atoms with E-state index in [-0.39, 0.29) is 0 Å². The lowest BCUT2D eigenvalue weighted by Crippen LogP contribution is -2.18. The second kappa shape index (κ2) is 11.5. The molecule has 1 atom stereocenters. The molecule has 0 saturated carbocycles. The fraction of sp³-hybridized carbons (Fsp3) is 0.909. The van der Waals surface area contributed by atoms with Crippen LogP contribution in [0, 0.1) is 0 Å². The first kappa shape index (κ1) is 16.8. The topological polar surface area (TPSA) is 60.8 Å². The number of carboxylic acid groups (broad SMARTS) is 1. The molecule has 0 amide bonds. The molecule has 0 saturated heterocycles. The van der Waals surface area contributed by atoms with Gasteiger partial charge in [0.25, 0.3) is 0 Å². The lowest BCUT2D eigenvalue weighted by Gasteiger charge is -2.03. The molecular weight excluding hydrogens is 194 g/mol. The summed E-state index contributed by atoms with van der Waals surface area (Å²) in [6.07, 6.45) is 3.29. The van der Waals surface area contributed by atoms with Crippen LogP contribution in [0.5, 0.6) is 0 Å². The molecular formula is C11H25NO3. The van der Waals surface area contributed by atoms with Gasteiger partial charge in [-0.2, -0.15) is 0 Å². The minimum atomic E-state index is -1.16. The van der Waals surface area contributed by atoms with E-state index in [1.54, 1.807) is 0 Å². The van der Waals surface area contributed by atoms with Crippen molar-refractivity contribution in [1.29, 1.82) is 0 Å². The smallest absolute Gasteiger partial charge is 0.332 e. The summed E-state index contributed by atoms with van der Waals surface area (Å²) in [5.41, 5.74) is 0. The van der Waals surface area contributed by atoms with Gasteiger partial charge in [0.2, 0.25) is 0 Å². The molecule has 0 aliphatic carbocycles. The van der Waals surface area contributed by atoms with Crippen LogP contribution in [0.3, 0.4) is 0 Å². The molecule has 4 nitrogen and oxygen atoms in total. The minimum Gasteiger partial charge on any atom is -0.479 e.